The lowest BCUT2D eigenvalue weighted by Crippen LogP contribution is -2.21. The van der Waals surface area contributed by atoms with Crippen LogP contribution in [0.15, 0.2) is 84.9 Å². The van der Waals surface area contributed by atoms with Crippen molar-refractivity contribution >= 4 is 27.2 Å². The van der Waals surface area contributed by atoms with E-state index in [0.717, 1.165) is 37.6 Å². The van der Waals surface area contributed by atoms with Gasteiger partial charge >= 0.3 is 10.8 Å². The summed E-state index contributed by atoms with van der Waals surface area (Å²) in [5, 5.41) is 12.0. The first-order valence-electron chi connectivity index (χ1n) is 8.40. The SMILES string of the molecule is Oc1c(-c2ccccc2)sc2nc(-c3ccccc3)c3ccccc3[n+]12. The molecule has 0 spiro atoms. The molecule has 0 atom stereocenters. The maximum Gasteiger partial charge on any atom is 0.391 e. The van der Waals surface area contributed by atoms with Crippen molar-refractivity contribution in [1.82, 2.24) is 4.98 Å². The number of rotatable bonds is 2. The Balaban J connectivity index is 1.89. The van der Waals surface area contributed by atoms with Crippen molar-refractivity contribution in [3.8, 4) is 27.6 Å². The van der Waals surface area contributed by atoms with Crippen molar-refractivity contribution in [2.75, 3.05) is 0 Å². The van der Waals surface area contributed by atoms with E-state index < -0.39 is 0 Å². The van der Waals surface area contributed by atoms with Crippen molar-refractivity contribution in [2.24, 2.45) is 0 Å². The van der Waals surface area contributed by atoms with Crippen LogP contribution in [0, 0.1) is 0 Å². The molecule has 0 aliphatic rings. The third-order valence-corrected chi connectivity index (χ3v) is 5.57. The Morgan fingerprint density at radius 2 is 1.35 bits per heavy atom. The molecule has 0 amide bonds. The second-order valence-corrected chi connectivity index (χ2v) is 7.06. The largest absolute Gasteiger partial charge is 0.476 e. The van der Waals surface area contributed by atoms with Gasteiger partial charge in [-0.3, -0.25) is 0 Å². The summed E-state index contributed by atoms with van der Waals surface area (Å²) >= 11 is 1.50. The fourth-order valence-electron chi connectivity index (χ4n) is 3.28. The summed E-state index contributed by atoms with van der Waals surface area (Å²) in [6.07, 6.45) is 0. The van der Waals surface area contributed by atoms with E-state index in [1.54, 1.807) is 0 Å². The van der Waals surface area contributed by atoms with Crippen LogP contribution in [0.2, 0.25) is 0 Å². The van der Waals surface area contributed by atoms with E-state index in [9.17, 15) is 5.11 Å². The van der Waals surface area contributed by atoms with Gasteiger partial charge in [-0.1, -0.05) is 72.8 Å². The highest BCUT2D eigenvalue weighted by atomic mass is 32.1. The maximum atomic E-state index is 10.9. The van der Waals surface area contributed by atoms with Crippen LogP contribution in [0.3, 0.4) is 0 Å². The standard InChI is InChI=1S/C22H14N2OS/c25-21-20(16-11-5-2-6-12-16)26-22-23-19(15-9-3-1-4-10-15)17-13-7-8-14-18(17)24(21)22/h1-14H/p+1. The average molecular weight is 355 g/mol. The number of aromatic nitrogens is 2. The molecule has 2 aromatic heterocycles. The smallest absolute Gasteiger partial charge is 0.391 e. The number of thiazole rings is 1. The van der Waals surface area contributed by atoms with E-state index in [2.05, 4.69) is 18.2 Å². The predicted molar refractivity (Wildman–Crippen MR) is 105 cm³/mol. The molecule has 124 valence electrons. The molecule has 0 aliphatic heterocycles. The normalized spacial score (nSPS) is 11.2. The summed E-state index contributed by atoms with van der Waals surface area (Å²) in [5.74, 6) is 0.236. The summed E-state index contributed by atoms with van der Waals surface area (Å²) in [6.45, 7) is 0. The Morgan fingerprint density at radius 3 is 2.08 bits per heavy atom. The third-order valence-electron chi connectivity index (χ3n) is 4.49. The number of hydrogen-bond acceptors (Lipinski definition) is 3. The molecule has 2 heterocycles. The molecule has 0 radical (unpaired) electrons. The quantitative estimate of drug-likeness (QED) is 0.449. The molecule has 0 saturated heterocycles. The van der Waals surface area contributed by atoms with E-state index in [1.807, 2.05) is 71.1 Å². The molecule has 3 nitrogen and oxygen atoms in total. The number of nitrogens with zero attached hydrogens (tertiary/aromatic N) is 2. The molecule has 5 aromatic rings. The zero-order valence-electron chi connectivity index (χ0n) is 13.8. The molecule has 4 heteroatoms. The van der Waals surface area contributed by atoms with E-state index in [1.165, 1.54) is 11.3 Å². The van der Waals surface area contributed by atoms with Gasteiger partial charge in [-0.25, -0.2) is 0 Å². The fourth-order valence-corrected chi connectivity index (χ4v) is 4.32. The highest BCUT2D eigenvalue weighted by Crippen LogP contribution is 2.36. The first kappa shape index (κ1) is 15.0. The number of aromatic hydroxyl groups is 1. The van der Waals surface area contributed by atoms with Crippen LogP contribution in [-0.4, -0.2) is 10.1 Å². The average Bonchev–Trinajstić information content (AvgIpc) is 3.05. The molecule has 0 bridgehead atoms. The Bertz CT molecular complexity index is 1230. The highest BCUT2D eigenvalue weighted by molar-refractivity contribution is 7.20. The van der Waals surface area contributed by atoms with Crippen molar-refractivity contribution in [2.45, 2.75) is 0 Å². The topological polar surface area (TPSA) is 37.2 Å². The van der Waals surface area contributed by atoms with E-state index >= 15 is 0 Å². The van der Waals surface area contributed by atoms with Crippen LogP contribution in [0.1, 0.15) is 0 Å². The molecule has 0 aliphatic carbocycles. The maximum absolute atomic E-state index is 10.9. The Hall–Kier alpha value is -3.24. The van der Waals surface area contributed by atoms with Gasteiger partial charge in [0.1, 0.15) is 10.4 Å². The minimum atomic E-state index is 0.236. The predicted octanol–water partition coefficient (Wildman–Crippen LogP) is 5.07. The van der Waals surface area contributed by atoms with Crippen LogP contribution in [0.4, 0.5) is 0 Å². The van der Waals surface area contributed by atoms with Gasteiger partial charge in [-0.05, 0) is 34.0 Å². The van der Waals surface area contributed by atoms with Gasteiger partial charge in [0.15, 0.2) is 5.69 Å². The summed E-state index contributed by atoms with van der Waals surface area (Å²) < 4.78 is 1.84. The third kappa shape index (κ3) is 2.27. The van der Waals surface area contributed by atoms with Crippen molar-refractivity contribution < 1.29 is 9.51 Å². The first-order valence-corrected chi connectivity index (χ1v) is 9.22. The van der Waals surface area contributed by atoms with Gasteiger partial charge in [-0.15, -0.1) is 4.40 Å². The first-order chi connectivity index (χ1) is 12.8. The molecule has 0 saturated carbocycles. The molecule has 0 fully saturated rings. The summed E-state index contributed by atoms with van der Waals surface area (Å²) in [4.78, 5) is 6.51. The molecular formula is C22H15N2OS+. The zero-order chi connectivity index (χ0) is 17.5. The minimum Gasteiger partial charge on any atom is -0.476 e. The number of hydrogen-bond donors (Lipinski definition) is 1. The van der Waals surface area contributed by atoms with E-state index in [0.29, 0.717) is 0 Å². The van der Waals surface area contributed by atoms with Gasteiger partial charge in [0, 0.05) is 5.56 Å². The van der Waals surface area contributed by atoms with E-state index in [-0.39, 0.29) is 5.88 Å². The summed E-state index contributed by atoms with van der Waals surface area (Å²) in [6, 6.07) is 28.2. The van der Waals surface area contributed by atoms with Gasteiger partial charge < -0.3 is 5.11 Å². The second-order valence-electron chi connectivity index (χ2n) is 6.08. The highest BCUT2D eigenvalue weighted by Gasteiger charge is 2.26. The molecular weight excluding hydrogens is 340 g/mol. The minimum absolute atomic E-state index is 0.236. The molecule has 26 heavy (non-hydrogen) atoms. The summed E-state index contributed by atoms with van der Waals surface area (Å²) in [7, 11) is 0. The van der Waals surface area contributed by atoms with E-state index in [4.69, 9.17) is 4.98 Å². The van der Waals surface area contributed by atoms with Gasteiger partial charge in [0.05, 0.1) is 5.39 Å². The van der Waals surface area contributed by atoms with Crippen LogP contribution in [-0.2, 0) is 0 Å². The lowest BCUT2D eigenvalue weighted by atomic mass is 10.1. The van der Waals surface area contributed by atoms with Crippen molar-refractivity contribution in [3.63, 3.8) is 0 Å². The summed E-state index contributed by atoms with van der Waals surface area (Å²) in [5.41, 5.74) is 3.94. The van der Waals surface area contributed by atoms with Gasteiger partial charge in [-0.2, -0.15) is 0 Å². The van der Waals surface area contributed by atoms with Crippen LogP contribution in [0.25, 0.3) is 37.6 Å². The van der Waals surface area contributed by atoms with Gasteiger partial charge in [0.25, 0.3) is 0 Å². The van der Waals surface area contributed by atoms with Crippen LogP contribution < -0.4 is 4.40 Å². The lowest BCUT2D eigenvalue weighted by Gasteiger charge is -2.01. The second kappa shape index (κ2) is 5.93. The van der Waals surface area contributed by atoms with Crippen LogP contribution >= 0.6 is 11.3 Å². The number of fused-ring (bicyclic) bond motifs is 3. The number of para-hydroxylation sites is 1. The number of benzene rings is 3. The Labute approximate surface area is 154 Å². The zero-order valence-corrected chi connectivity index (χ0v) is 14.6. The molecule has 5 rings (SSSR count). The van der Waals surface area contributed by atoms with Crippen LogP contribution in [0.5, 0.6) is 5.88 Å². The molecule has 3 aromatic carbocycles. The fraction of sp³-hybridized carbons (Fsp3) is 0. The Kier molecular flexibility index (Phi) is 3.43. The van der Waals surface area contributed by atoms with Crippen molar-refractivity contribution in [3.05, 3.63) is 84.9 Å². The van der Waals surface area contributed by atoms with Crippen molar-refractivity contribution in [1.29, 1.82) is 0 Å². The molecule has 1 N–H and O–H groups in total. The lowest BCUT2D eigenvalue weighted by molar-refractivity contribution is -0.490. The monoisotopic (exact) mass is 355 g/mol. The molecule has 0 unspecified atom stereocenters. The Morgan fingerprint density at radius 1 is 0.731 bits per heavy atom. The van der Waals surface area contributed by atoms with Gasteiger partial charge in [0.2, 0.25) is 0 Å².